The van der Waals surface area contributed by atoms with Crippen LogP contribution in [-0.2, 0) is 0 Å². The van der Waals surface area contributed by atoms with Crippen LogP contribution in [0.25, 0.3) is 71.2 Å². The minimum atomic E-state index is 1.16. The Kier molecular flexibility index (Phi) is 3.97. The number of nitrogens with zero attached hydrogens (tertiary/aromatic N) is 1. The fourth-order valence-corrected chi connectivity index (χ4v) is 6.02. The van der Waals surface area contributed by atoms with Gasteiger partial charge in [0.2, 0.25) is 0 Å². The van der Waals surface area contributed by atoms with Gasteiger partial charge in [-0.2, -0.15) is 0 Å². The quantitative estimate of drug-likeness (QED) is 0.266. The maximum absolute atomic E-state index is 3.78. The van der Waals surface area contributed by atoms with Crippen LogP contribution >= 0.6 is 0 Å². The Bertz CT molecular complexity index is 2080. The zero-order chi connectivity index (χ0) is 23.6. The summed E-state index contributed by atoms with van der Waals surface area (Å²) in [6.07, 6.45) is 0. The summed E-state index contributed by atoms with van der Waals surface area (Å²) in [6, 6.07) is 45.8. The van der Waals surface area contributed by atoms with E-state index in [4.69, 9.17) is 0 Å². The van der Waals surface area contributed by atoms with Crippen molar-refractivity contribution in [2.75, 3.05) is 0 Å². The third-order valence-electron chi connectivity index (χ3n) is 7.49. The van der Waals surface area contributed by atoms with Crippen LogP contribution in [0.2, 0.25) is 0 Å². The molecule has 0 radical (unpaired) electrons. The van der Waals surface area contributed by atoms with Gasteiger partial charge >= 0.3 is 0 Å². The first-order valence-corrected chi connectivity index (χ1v) is 12.4. The zero-order valence-electron chi connectivity index (χ0n) is 19.6. The molecule has 0 fully saturated rings. The number of nitrogens with one attached hydrogen (secondary N) is 1. The molecule has 2 aromatic heterocycles. The van der Waals surface area contributed by atoms with Gasteiger partial charge in [-0.1, -0.05) is 97.1 Å². The van der Waals surface area contributed by atoms with Crippen molar-refractivity contribution < 1.29 is 0 Å². The van der Waals surface area contributed by atoms with Crippen molar-refractivity contribution >= 4 is 54.4 Å². The van der Waals surface area contributed by atoms with Gasteiger partial charge in [-0.25, -0.2) is 0 Å². The van der Waals surface area contributed by atoms with Crippen molar-refractivity contribution in [2.24, 2.45) is 0 Å². The lowest BCUT2D eigenvalue weighted by atomic mass is 9.93. The molecule has 8 aromatic rings. The van der Waals surface area contributed by atoms with Crippen molar-refractivity contribution in [1.29, 1.82) is 0 Å². The summed E-state index contributed by atoms with van der Waals surface area (Å²) in [4.78, 5) is 3.78. The molecule has 0 spiro atoms. The predicted octanol–water partition coefficient (Wildman–Crippen LogP) is 9.24. The van der Waals surface area contributed by atoms with Crippen molar-refractivity contribution in [3.63, 3.8) is 0 Å². The second kappa shape index (κ2) is 7.34. The molecule has 0 saturated carbocycles. The molecule has 2 heterocycles. The van der Waals surface area contributed by atoms with Crippen LogP contribution in [0.3, 0.4) is 0 Å². The molecular formula is C34H22N2. The molecule has 0 saturated heterocycles. The van der Waals surface area contributed by atoms with Crippen LogP contribution in [0.4, 0.5) is 0 Å². The highest BCUT2D eigenvalue weighted by atomic mass is 15.0. The number of rotatable bonds is 2. The van der Waals surface area contributed by atoms with E-state index >= 15 is 0 Å². The first kappa shape index (κ1) is 19.5. The molecule has 0 bridgehead atoms. The highest BCUT2D eigenvalue weighted by molar-refractivity contribution is 6.31. The third-order valence-corrected chi connectivity index (χ3v) is 7.49. The smallest absolute Gasteiger partial charge is 0.0568 e. The Balaban J connectivity index is 1.69. The predicted molar refractivity (Wildman–Crippen MR) is 153 cm³/mol. The van der Waals surface area contributed by atoms with Gasteiger partial charge in [0, 0.05) is 43.8 Å². The average Bonchev–Trinajstić information content (AvgIpc) is 3.48. The molecule has 6 aromatic carbocycles. The first-order chi connectivity index (χ1) is 17.9. The molecule has 8 rings (SSSR count). The van der Waals surface area contributed by atoms with Gasteiger partial charge < -0.3 is 9.55 Å². The minimum Gasteiger partial charge on any atom is -0.354 e. The molecule has 168 valence electrons. The monoisotopic (exact) mass is 458 g/mol. The van der Waals surface area contributed by atoms with Crippen molar-refractivity contribution in [1.82, 2.24) is 9.55 Å². The zero-order valence-corrected chi connectivity index (χ0v) is 19.6. The van der Waals surface area contributed by atoms with Gasteiger partial charge in [-0.15, -0.1) is 0 Å². The molecule has 2 heteroatoms. The van der Waals surface area contributed by atoms with Gasteiger partial charge in [0.1, 0.15) is 0 Å². The van der Waals surface area contributed by atoms with Crippen LogP contribution in [0.1, 0.15) is 0 Å². The molecule has 0 aliphatic rings. The average molecular weight is 459 g/mol. The van der Waals surface area contributed by atoms with E-state index in [9.17, 15) is 0 Å². The molecule has 0 amide bonds. The summed E-state index contributed by atoms with van der Waals surface area (Å²) in [5, 5.41) is 7.69. The molecule has 1 N–H and O–H groups in total. The maximum atomic E-state index is 3.78. The molecule has 2 nitrogen and oxygen atoms in total. The second-order valence-electron chi connectivity index (χ2n) is 9.46. The normalized spacial score (nSPS) is 11.9. The summed E-state index contributed by atoms with van der Waals surface area (Å²) in [6.45, 7) is 0. The Hall–Kier alpha value is -4.82. The van der Waals surface area contributed by atoms with Crippen LogP contribution in [0, 0.1) is 0 Å². The van der Waals surface area contributed by atoms with E-state index < -0.39 is 0 Å². The summed E-state index contributed by atoms with van der Waals surface area (Å²) >= 11 is 0. The number of fused-ring (bicyclic) bond motifs is 8. The van der Waals surface area contributed by atoms with Gasteiger partial charge in [0.05, 0.1) is 11.0 Å². The fraction of sp³-hybridized carbons (Fsp3) is 0. The highest BCUT2D eigenvalue weighted by Gasteiger charge is 2.22. The molecule has 0 aliphatic carbocycles. The maximum Gasteiger partial charge on any atom is 0.0568 e. The van der Waals surface area contributed by atoms with Crippen molar-refractivity contribution in [2.45, 2.75) is 0 Å². The van der Waals surface area contributed by atoms with Crippen LogP contribution < -0.4 is 0 Å². The Labute approximate surface area is 208 Å². The van der Waals surface area contributed by atoms with Crippen molar-refractivity contribution in [3.8, 4) is 16.8 Å². The van der Waals surface area contributed by atoms with E-state index in [1.807, 2.05) is 0 Å². The van der Waals surface area contributed by atoms with E-state index in [1.165, 1.54) is 65.7 Å². The number of hydrogen-bond donors (Lipinski definition) is 1. The molecule has 0 atom stereocenters. The number of H-pyrrole nitrogens is 1. The largest absolute Gasteiger partial charge is 0.354 e. The Morgan fingerprint density at radius 3 is 2.00 bits per heavy atom. The highest BCUT2D eigenvalue weighted by Crippen LogP contribution is 2.46. The molecular weight excluding hydrogens is 436 g/mol. The number of hydrogen-bond acceptors (Lipinski definition) is 0. The lowest BCUT2D eigenvalue weighted by Crippen LogP contribution is -1.93. The second-order valence-corrected chi connectivity index (χ2v) is 9.46. The van der Waals surface area contributed by atoms with E-state index in [1.54, 1.807) is 0 Å². The molecule has 36 heavy (non-hydrogen) atoms. The summed E-state index contributed by atoms with van der Waals surface area (Å²) in [7, 11) is 0. The summed E-state index contributed by atoms with van der Waals surface area (Å²) < 4.78 is 2.40. The van der Waals surface area contributed by atoms with Crippen LogP contribution in [0.5, 0.6) is 0 Å². The van der Waals surface area contributed by atoms with Crippen LogP contribution in [0.15, 0.2) is 127 Å². The van der Waals surface area contributed by atoms with Gasteiger partial charge in [-0.05, 0) is 46.7 Å². The van der Waals surface area contributed by atoms with Crippen LogP contribution in [-0.4, -0.2) is 9.55 Å². The SMILES string of the molecule is c1ccc(-c2c3c(cc4c2c2ccccc2n4-c2ccccc2)[nH]c2ccc4ccccc4c23)cc1. The first-order valence-electron chi connectivity index (χ1n) is 12.4. The molecule has 0 unspecified atom stereocenters. The van der Waals surface area contributed by atoms with E-state index in [0.29, 0.717) is 0 Å². The van der Waals surface area contributed by atoms with E-state index in [2.05, 4.69) is 137 Å². The number of benzene rings is 6. The lowest BCUT2D eigenvalue weighted by molar-refractivity contribution is 1.18. The van der Waals surface area contributed by atoms with Gasteiger partial charge in [-0.3, -0.25) is 0 Å². The number of para-hydroxylation sites is 2. The van der Waals surface area contributed by atoms with E-state index in [0.717, 1.165) is 5.52 Å². The third kappa shape index (κ3) is 2.61. The molecule has 0 aliphatic heterocycles. The number of aromatic nitrogens is 2. The summed E-state index contributed by atoms with van der Waals surface area (Å²) in [5.41, 5.74) is 8.46. The number of aromatic amines is 1. The lowest BCUT2D eigenvalue weighted by Gasteiger charge is -2.11. The topological polar surface area (TPSA) is 20.7 Å². The fourth-order valence-electron chi connectivity index (χ4n) is 6.02. The standard InChI is InChI=1S/C34H22N2/c1-3-12-23(13-4-1)31-33-26-17-9-10-18-29(26)36(24-14-5-2-6-15-24)30(33)21-28-34(31)32-25-16-8-7-11-22(25)19-20-27(32)35-28/h1-21,35H. The Morgan fingerprint density at radius 1 is 0.472 bits per heavy atom. The van der Waals surface area contributed by atoms with Crippen molar-refractivity contribution in [3.05, 3.63) is 127 Å². The van der Waals surface area contributed by atoms with Gasteiger partial charge in [0.25, 0.3) is 0 Å². The summed E-state index contributed by atoms with van der Waals surface area (Å²) in [5.74, 6) is 0. The van der Waals surface area contributed by atoms with E-state index in [-0.39, 0.29) is 0 Å². The minimum absolute atomic E-state index is 1.16. The Morgan fingerprint density at radius 2 is 1.17 bits per heavy atom. The van der Waals surface area contributed by atoms with Gasteiger partial charge in [0.15, 0.2) is 0 Å².